The number of aliphatic hydroxyl groups is 1. The smallest absolute Gasteiger partial charge is 0.336 e. The van der Waals surface area contributed by atoms with Gasteiger partial charge in [0.2, 0.25) is 5.91 Å². The third-order valence-electron chi connectivity index (χ3n) is 1.91. The number of aliphatic hydroxyl groups excluding tert-OH is 1. The largest absolute Gasteiger partial charge is 0.467 e. The van der Waals surface area contributed by atoms with Gasteiger partial charge in [-0.05, 0) is 12.3 Å². The van der Waals surface area contributed by atoms with Gasteiger partial charge in [0.05, 0.1) is 13.7 Å². The van der Waals surface area contributed by atoms with Crippen LogP contribution in [0.1, 0.15) is 26.7 Å². The molecule has 0 spiro atoms. The zero-order chi connectivity index (χ0) is 11.8. The summed E-state index contributed by atoms with van der Waals surface area (Å²) < 4.78 is 4.30. The summed E-state index contributed by atoms with van der Waals surface area (Å²) in [7, 11) is 1.19. The average molecular weight is 217 g/mol. The topological polar surface area (TPSA) is 75.6 Å². The number of esters is 1. The molecule has 88 valence electrons. The predicted octanol–water partition coefficient (Wildman–Crippen LogP) is 0.0727. The Morgan fingerprint density at radius 1 is 1.40 bits per heavy atom. The van der Waals surface area contributed by atoms with Crippen LogP contribution in [-0.4, -0.2) is 36.7 Å². The third kappa shape index (κ3) is 6.90. The number of hydrogen-bond donors (Lipinski definition) is 2. The molecule has 0 aromatic heterocycles. The first kappa shape index (κ1) is 13.9. The molecule has 1 unspecified atom stereocenters. The van der Waals surface area contributed by atoms with Crippen molar-refractivity contribution in [2.75, 3.05) is 13.7 Å². The van der Waals surface area contributed by atoms with E-state index >= 15 is 0 Å². The van der Waals surface area contributed by atoms with Gasteiger partial charge in [0.15, 0.2) is 6.10 Å². The highest BCUT2D eigenvalue weighted by Crippen LogP contribution is 2.02. The second-order valence-corrected chi connectivity index (χ2v) is 3.78. The molecule has 1 amide bonds. The molecule has 0 aromatic carbocycles. The molecule has 5 nitrogen and oxygen atoms in total. The van der Waals surface area contributed by atoms with E-state index in [9.17, 15) is 9.59 Å². The third-order valence-corrected chi connectivity index (χ3v) is 1.91. The van der Waals surface area contributed by atoms with Gasteiger partial charge >= 0.3 is 5.97 Å². The predicted molar refractivity (Wildman–Crippen MR) is 55.1 cm³/mol. The molecule has 0 rings (SSSR count). The highest BCUT2D eigenvalue weighted by molar-refractivity contribution is 5.78. The van der Waals surface area contributed by atoms with Crippen molar-refractivity contribution in [3.63, 3.8) is 0 Å². The van der Waals surface area contributed by atoms with Crippen molar-refractivity contribution in [2.24, 2.45) is 5.92 Å². The zero-order valence-electron chi connectivity index (χ0n) is 9.45. The molecular weight excluding hydrogens is 198 g/mol. The number of carbonyl (C=O) groups is 2. The standard InChI is InChI=1S/C10H19NO4/c1-7(2)4-5-9(13)11-6-8(12)10(14)15-3/h7-8,12H,4-6H2,1-3H3,(H,11,13). The Morgan fingerprint density at radius 3 is 2.47 bits per heavy atom. The van der Waals surface area contributed by atoms with Crippen molar-refractivity contribution in [3.8, 4) is 0 Å². The Balaban J connectivity index is 3.66. The number of amides is 1. The SMILES string of the molecule is COC(=O)C(O)CNC(=O)CCC(C)C. The lowest BCUT2D eigenvalue weighted by molar-refractivity contribution is -0.150. The van der Waals surface area contributed by atoms with E-state index in [0.717, 1.165) is 6.42 Å². The van der Waals surface area contributed by atoms with Crippen LogP contribution in [0.4, 0.5) is 0 Å². The van der Waals surface area contributed by atoms with Crippen molar-refractivity contribution >= 4 is 11.9 Å². The molecule has 0 saturated carbocycles. The summed E-state index contributed by atoms with van der Waals surface area (Å²) in [6.07, 6.45) is -0.0795. The van der Waals surface area contributed by atoms with Crippen LogP contribution in [0.2, 0.25) is 0 Å². The van der Waals surface area contributed by atoms with Crippen LogP contribution < -0.4 is 5.32 Å². The molecule has 15 heavy (non-hydrogen) atoms. The Labute approximate surface area is 89.8 Å². The lowest BCUT2D eigenvalue weighted by Crippen LogP contribution is -2.37. The van der Waals surface area contributed by atoms with Crippen LogP contribution >= 0.6 is 0 Å². The molecule has 1 atom stereocenters. The minimum Gasteiger partial charge on any atom is -0.467 e. The van der Waals surface area contributed by atoms with E-state index in [4.69, 9.17) is 5.11 Å². The van der Waals surface area contributed by atoms with Crippen molar-refractivity contribution in [3.05, 3.63) is 0 Å². The van der Waals surface area contributed by atoms with Crippen LogP contribution in [0, 0.1) is 5.92 Å². The highest BCUT2D eigenvalue weighted by atomic mass is 16.5. The van der Waals surface area contributed by atoms with Crippen LogP contribution in [0.5, 0.6) is 0 Å². The van der Waals surface area contributed by atoms with Gasteiger partial charge < -0.3 is 15.2 Å². The first-order valence-corrected chi connectivity index (χ1v) is 5.00. The summed E-state index contributed by atoms with van der Waals surface area (Å²) >= 11 is 0. The molecule has 5 heteroatoms. The number of hydrogen-bond acceptors (Lipinski definition) is 4. The maximum absolute atomic E-state index is 11.2. The number of nitrogens with one attached hydrogen (secondary N) is 1. The zero-order valence-corrected chi connectivity index (χ0v) is 9.45. The quantitative estimate of drug-likeness (QED) is 0.617. The van der Waals surface area contributed by atoms with E-state index in [2.05, 4.69) is 10.1 Å². The van der Waals surface area contributed by atoms with Gasteiger partial charge in [-0.2, -0.15) is 0 Å². The van der Waals surface area contributed by atoms with Gasteiger partial charge in [-0.25, -0.2) is 4.79 Å². The van der Waals surface area contributed by atoms with E-state index in [1.54, 1.807) is 0 Å². The van der Waals surface area contributed by atoms with Gasteiger partial charge in [0.25, 0.3) is 0 Å². The fourth-order valence-electron chi connectivity index (χ4n) is 0.938. The summed E-state index contributed by atoms with van der Waals surface area (Å²) in [6.45, 7) is 3.96. The lowest BCUT2D eigenvalue weighted by atomic mass is 10.1. The summed E-state index contributed by atoms with van der Waals surface area (Å²) in [5.74, 6) is -0.438. The Morgan fingerprint density at radius 2 is 2.00 bits per heavy atom. The van der Waals surface area contributed by atoms with Crippen molar-refractivity contribution in [1.82, 2.24) is 5.32 Å². The van der Waals surface area contributed by atoms with E-state index in [1.807, 2.05) is 13.8 Å². The molecule has 0 heterocycles. The summed E-state index contributed by atoms with van der Waals surface area (Å²) in [4.78, 5) is 22.0. The van der Waals surface area contributed by atoms with Gasteiger partial charge in [-0.1, -0.05) is 13.8 Å². The maximum Gasteiger partial charge on any atom is 0.336 e. The fourth-order valence-corrected chi connectivity index (χ4v) is 0.938. The normalized spacial score (nSPS) is 12.3. The number of carbonyl (C=O) groups excluding carboxylic acids is 2. The lowest BCUT2D eigenvalue weighted by Gasteiger charge is -2.10. The molecular formula is C10H19NO4. The summed E-state index contributed by atoms with van der Waals surface area (Å²) in [6, 6.07) is 0. The first-order valence-electron chi connectivity index (χ1n) is 5.00. The Kier molecular flexibility index (Phi) is 6.70. The van der Waals surface area contributed by atoms with Gasteiger partial charge in [0, 0.05) is 6.42 Å². The molecule has 0 fully saturated rings. The minimum absolute atomic E-state index is 0.0936. The van der Waals surface area contributed by atoms with Gasteiger partial charge in [-0.3, -0.25) is 4.79 Å². The molecule has 0 bridgehead atoms. The molecule has 0 aromatic rings. The highest BCUT2D eigenvalue weighted by Gasteiger charge is 2.15. The van der Waals surface area contributed by atoms with E-state index in [-0.39, 0.29) is 12.5 Å². The second kappa shape index (κ2) is 7.23. The minimum atomic E-state index is -1.28. The summed E-state index contributed by atoms with van der Waals surface area (Å²) in [5, 5.41) is 11.6. The molecule has 0 aliphatic rings. The number of ether oxygens (including phenoxy) is 1. The Bertz CT molecular complexity index is 215. The van der Waals surface area contributed by atoms with Gasteiger partial charge in [-0.15, -0.1) is 0 Å². The van der Waals surface area contributed by atoms with Crippen molar-refractivity contribution < 1.29 is 19.4 Å². The van der Waals surface area contributed by atoms with E-state index < -0.39 is 12.1 Å². The van der Waals surface area contributed by atoms with Crippen LogP contribution in [0.25, 0.3) is 0 Å². The van der Waals surface area contributed by atoms with Gasteiger partial charge in [0.1, 0.15) is 0 Å². The van der Waals surface area contributed by atoms with Crippen LogP contribution in [0.15, 0.2) is 0 Å². The van der Waals surface area contributed by atoms with Crippen LogP contribution in [0.3, 0.4) is 0 Å². The first-order chi connectivity index (χ1) is 6.97. The summed E-state index contributed by atoms with van der Waals surface area (Å²) in [5.41, 5.74) is 0. The molecule has 0 radical (unpaired) electrons. The molecule has 0 saturated heterocycles. The van der Waals surface area contributed by atoms with E-state index in [1.165, 1.54) is 7.11 Å². The molecule has 2 N–H and O–H groups in total. The fraction of sp³-hybridized carbons (Fsp3) is 0.800. The number of methoxy groups -OCH3 is 1. The number of rotatable bonds is 6. The van der Waals surface area contributed by atoms with Crippen molar-refractivity contribution in [2.45, 2.75) is 32.8 Å². The second-order valence-electron chi connectivity index (χ2n) is 3.78. The molecule has 0 aliphatic heterocycles. The average Bonchev–Trinajstić information content (AvgIpc) is 2.21. The monoisotopic (exact) mass is 217 g/mol. The van der Waals surface area contributed by atoms with Crippen molar-refractivity contribution in [1.29, 1.82) is 0 Å². The Hall–Kier alpha value is -1.10. The maximum atomic E-state index is 11.2. The van der Waals surface area contributed by atoms with E-state index in [0.29, 0.717) is 12.3 Å². The molecule has 0 aliphatic carbocycles. The van der Waals surface area contributed by atoms with Crippen LogP contribution in [-0.2, 0) is 14.3 Å².